The summed E-state index contributed by atoms with van der Waals surface area (Å²) in [5.41, 5.74) is 2.47. The highest BCUT2D eigenvalue weighted by Gasteiger charge is 2.18. The second-order valence-corrected chi connectivity index (χ2v) is 3.39. The highest BCUT2D eigenvalue weighted by molar-refractivity contribution is 6.33. The van der Waals surface area contributed by atoms with Gasteiger partial charge in [-0.05, 0) is 11.6 Å². The molecule has 11 heavy (non-hydrogen) atoms. The summed E-state index contributed by atoms with van der Waals surface area (Å²) in [5, 5.41) is 4.13. The van der Waals surface area contributed by atoms with E-state index in [4.69, 9.17) is 11.6 Å². The summed E-state index contributed by atoms with van der Waals surface area (Å²) in [7, 11) is 0. The van der Waals surface area contributed by atoms with E-state index >= 15 is 0 Å². The lowest BCUT2D eigenvalue weighted by atomic mass is 10.0. The summed E-state index contributed by atoms with van der Waals surface area (Å²) in [5.74, 6) is 0.601. The van der Waals surface area contributed by atoms with Crippen LogP contribution in [0.4, 0.5) is 5.69 Å². The quantitative estimate of drug-likeness (QED) is 0.627. The first-order valence-corrected chi connectivity index (χ1v) is 4.19. The van der Waals surface area contributed by atoms with Crippen LogP contribution in [0.2, 0.25) is 5.02 Å². The number of rotatable bonds is 0. The maximum absolute atomic E-state index is 5.97. The van der Waals surface area contributed by atoms with E-state index in [0.717, 1.165) is 17.3 Å². The Kier molecular flexibility index (Phi) is 1.53. The number of nitrogens with one attached hydrogen (secondary N) is 1. The Hall–Kier alpha value is -0.690. The average molecular weight is 168 g/mol. The first-order valence-electron chi connectivity index (χ1n) is 3.81. The molecular formula is C9H10ClN. The van der Waals surface area contributed by atoms with E-state index in [1.807, 2.05) is 12.1 Å². The highest BCUT2D eigenvalue weighted by atomic mass is 35.5. The predicted octanol–water partition coefficient (Wildman–Crippen LogP) is 2.87. The van der Waals surface area contributed by atoms with E-state index in [9.17, 15) is 0 Å². The van der Waals surface area contributed by atoms with Crippen LogP contribution in [0.25, 0.3) is 0 Å². The van der Waals surface area contributed by atoms with Gasteiger partial charge >= 0.3 is 0 Å². The number of hydrogen-bond donors (Lipinski definition) is 1. The van der Waals surface area contributed by atoms with Gasteiger partial charge in [0.05, 0.1) is 10.7 Å². The van der Waals surface area contributed by atoms with E-state index < -0.39 is 0 Å². The second kappa shape index (κ2) is 2.42. The fraction of sp³-hybridized carbons (Fsp3) is 0.333. The zero-order valence-corrected chi connectivity index (χ0v) is 7.15. The molecule has 0 amide bonds. The Morgan fingerprint density at radius 1 is 1.55 bits per heavy atom. The van der Waals surface area contributed by atoms with Gasteiger partial charge in [-0.3, -0.25) is 0 Å². The van der Waals surface area contributed by atoms with Crippen LogP contribution in [-0.2, 0) is 0 Å². The van der Waals surface area contributed by atoms with Crippen LogP contribution in [0.5, 0.6) is 0 Å². The molecule has 0 spiro atoms. The third-order valence-electron chi connectivity index (χ3n) is 2.16. The highest BCUT2D eigenvalue weighted by Crippen LogP contribution is 2.35. The molecule has 2 rings (SSSR count). The van der Waals surface area contributed by atoms with E-state index in [2.05, 4.69) is 18.3 Å². The van der Waals surface area contributed by atoms with Gasteiger partial charge in [0.2, 0.25) is 0 Å². The van der Waals surface area contributed by atoms with E-state index in [0.29, 0.717) is 5.92 Å². The maximum atomic E-state index is 5.97. The molecule has 0 saturated heterocycles. The SMILES string of the molecule is CC1CNc2c(Cl)cccc21. The van der Waals surface area contributed by atoms with Crippen LogP contribution in [-0.4, -0.2) is 6.54 Å². The average Bonchev–Trinajstić information content (AvgIpc) is 2.35. The minimum atomic E-state index is 0.601. The Morgan fingerprint density at radius 3 is 3.09 bits per heavy atom. The first kappa shape index (κ1) is 6.99. The van der Waals surface area contributed by atoms with Crippen molar-refractivity contribution in [1.29, 1.82) is 0 Å². The van der Waals surface area contributed by atoms with Crippen molar-refractivity contribution in [3.63, 3.8) is 0 Å². The molecule has 1 nitrogen and oxygen atoms in total. The Balaban J connectivity index is 2.57. The van der Waals surface area contributed by atoms with Crippen LogP contribution in [0.3, 0.4) is 0 Å². The zero-order chi connectivity index (χ0) is 7.84. The Labute approximate surface area is 71.4 Å². The first-order chi connectivity index (χ1) is 5.29. The van der Waals surface area contributed by atoms with Crippen LogP contribution in [0.1, 0.15) is 18.4 Å². The van der Waals surface area contributed by atoms with Gasteiger partial charge in [0.1, 0.15) is 0 Å². The fourth-order valence-corrected chi connectivity index (χ4v) is 1.75. The van der Waals surface area contributed by atoms with Crippen LogP contribution < -0.4 is 5.32 Å². The molecule has 1 aliphatic rings. The van der Waals surface area contributed by atoms with Crippen molar-refractivity contribution in [3.8, 4) is 0 Å². The Morgan fingerprint density at radius 2 is 2.36 bits per heavy atom. The number of hydrogen-bond acceptors (Lipinski definition) is 1. The lowest BCUT2D eigenvalue weighted by Crippen LogP contribution is -1.96. The van der Waals surface area contributed by atoms with Gasteiger partial charge in [0.15, 0.2) is 0 Å². The monoisotopic (exact) mass is 167 g/mol. The van der Waals surface area contributed by atoms with Gasteiger partial charge in [-0.2, -0.15) is 0 Å². The topological polar surface area (TPSA) is 12.0 Å². The molecule has 1 heterocycles. The number of para-hydroxylation sites is 1. The normalized spacial score (nSPS) is 21.1. The van der Waals surface area contributed by atoms with Crippen molar-refractivity contribution in [2.24, 2.45) is 0 Å². The summed E-state index contributed by atoms with van der Waals surface area (Å²) < 4.78 is 0. The van der Waals surface area contributed by atoms with Gasteiger partial charge in [0.25, 0.3) is 0 Å². The van der Waals surface area contributed by atoms with E-state index in [-0.39, 0.29) is 0 Å². The largest absolute Gasteiger partial charge is 0.383 e. The number of fused-ring (bicyclic) bond motifs is 1. The lowest BCUT2D eigenvalue weighted by molar-refractivity contribution is 0.854. The molecule has 58 valence electrons. The second-order valence-electron chi connectivity index (χ2n) is 2.99. The standard InChI is InChI=1S/C9H10ClN/c1-6-5-11-9-7(6)3-2-4-8(9)10/h2-4,6,11H,5H2,1H3. The molecule has 0 fully saturated rings. The molecule has 2 heteroatoms. The minimum Gasteiger partial charge on any atom is -0.383 e. The maximum Gasteiger partial charge on any atom is 0.0640 e. The van der Waals surface area contributed by atoms with Crippen molar-refractivity contribution in [2.75, 3.05) is 11.9 Å². The van der Waals surface area contributed by atoms with Crippen molar-refractivity contribution < 1.29 is 0 Å². The van der Waals surface area contributed by atoms with Gasteiger partial charge in [-0.25, -0.2) is 0 Å². The number of anilines is 1. The molecule has 0 aromatic heterocycles. The molecular weight excluding hydrogens is 158 g/mol. The van der Waals surface area contributed by atoms with Gasteiger partial charge < -0.3 is 5.32 Å². The third-order valence-corrected chi connectivity index (χ3v) is 2.48. The lowest BCUT2D eigenvalue weighted by Gasteiger charge is -2.01. The molecule has 1 N–H and O–H groups in total. The van der Waals surface area contributed by atoms with Crippen LogP contribution in [0, 0.1) is 0 Å². The van der Waals surface area contributed by atoms with Crippen LogP contribution >= 0.6 is 11.6 Å². The van der Waals surface area contributed by atoms with Crippen molar-refractivity contribution >= 4 is 17.3 Å². The van der Waals surface area contributed by atoms with Crippen molar-refractivity contribution in [2.45, 2.75) is 12.8 Å². The van der Waals surface area contributed by atoms with E-state index in [1.165, 1.54) is 5.56 Å². The summed E-state index contributed by atoms with van der Waals surface area (Å²) >= 11 is 5.97. The molecule has 1 atom stereocenters. The molecule has 0 radical (unpaired) electrons. The molecule has 1 unspecified atom stereocenters. The number of benzene rings is 1. The summed E-state index contributed by atoms with van der Waals surface area (Å²) in [6.45, 7) is 3.22. The number of halogens is 1. The van der Waals surface area contributed by atoms with Crippen molar-refractivity contribution in [1.82, 2.24) is 0 Å². The minimum absolute atomic E-state index is 0.601. The third kappa shape index (κ3) is 1.000. The molecule has 1 aliphatic heterocycles. The molecule has 0 bridgehead atoms. The fourth-order valence-electron chi connectivity index (χ4n) is 1.50. The summed E-state index contributed by atoms with van der Waals surface area (Å²) in [6.07, 6.45) is 0. The smallest absolute Gasteiger partial charge is 0.0640 e. The van der Waals surface area contributed by atoms with Gasteiger partial charge in [-0.15, -0.1) is 0 Å². The molecule has 1 aromatic rings. The molecule has 0 saturated carbocycles. The summed E-state index contributed by atoms with van der Waals surface area (Å²) in [6, 6.07) is 6.06. The van der Waals surface area contributed by atoms with E-state index in [1.54, 1.807) is 0 Å². The van der Waals surface area contributed by atoms with Gasteiger partial charge in [-0.1, -0.05) is 30.7 Å². The van der Waals surface area contributed by atoms with Crippen molar-refractivity contribution in [3.05, 3.63) is 28.8 Å². The molecule has 0 aliphatic carbocycles. The Bertz CT molecular complexity index is 283. The predicted molar refractivity (Wildman–Crippen MR) is 48.4 cm³/mol. The molecule has 1 aromatic carbocycles. The summed E-state index contributed by atoms with van der Waals surface area (Å²) in [4.78, 5) is 0. The zero-order valence-electron chi connectivity index (χ0n) is 6.39. The van der Waals surface area contributed by atoms with Crippen LogP contribution in [0.15, 0.2) is 18.2 Å². The van der Waals surface area contributed by atoms with Gasteiger partial charge in [0, 0.05) is 12.5 Å².